The molecule has 104 valence electrons. The van der Waals surface area contributed by atoms with Crippen LogP contribution in [0, 0.1) is 0 Å². The van der Waals surface area contributed by atoms with E-state index < -0.39 is 17.6 Å². The number of aliphatic carboxylic acids is 2. The van der Waals surface area contributed by atoms with E-state index in [0.717, 1.165) is 10.2 Å². The highest BCUT2D eigenvalue weighted by molar-refractivity contribution is 5.94. The maximum atomic E-state index is 11.1. The number of carboxylic acid groups (broad SMARTS) is 2. The van der Waals surface area contributed by atoms with Crippen LogP contribution < -0.4 is 10.6 Å². The topological polar surface area (TPSA) is 122 Å². The third-order valence-corrected chi connectivity index (χ3v) is 2.38. The zero-order chi connectivity index (χ0) is 13.8. The molecule has 4 N–H and O–H groups in total. The Labute approximate surface area is 113 Å². The summed E-state index contributed by atoms with van der Waals surface area (Å²) in [4.78, 5) is 21.7. The quantitative estimate of drug-likeness (QED) is 0.690. The lowest BCUT2D eigenvalue weighted by atomic mass is 10.3. The van der Waals surface area contributed by atoms with Crippen LogP contribution in [0.3, 0.4) is 0 Å². The van der Waals surface area contributed by atoms with E-state index in [1.807, 2.05) is 12.1 Å². The van der Waals surface area contributed by atoms with E-state index >= 15 is 0 Å². The molecule has 0 atom stereocenters. The van der Waals surface area contributed by atoms with Crippen molar-refractivity contribution in [3.05, 3.63) is 58.9 Å². The first-order valence-corrected chi connectivity index (χ1v) is 5.37. The van der Waals surface area contributed by atoms with Gasteiger partial charge in [-0.15, -0.1) is 0 Å². The van der Waals surface area contributed by atoms with Gasteiger partial charge in [0.1, 0.15) is 0 Å². The molecule has 2 rings (SSSR count). The molecular formula is C13H12N2O5. The molecule has 0 aromatic heterocycles. The summed E-state index contributed by atoms with van der Waals surface area (Å²) < 4.78 is 0. The molecule has 0 amide bonds. The van der Waals surface area contributed by atoms with Gasteiger partial charge in [0.2, 0.25) is 0 Å². The Bertz CT molecular complexity index is 706. The Morgan fingerprint density at radius 2 is 1.90 bits per heavy atom. The number of nitrogens with zero attached hydrogens (tertiary/aromatic N) is 2. The Hall–Kier alpha value is -2.93. The molecule has 0 aliphatic carbocycles. The molecule has 0 radical (unpaired) electrons. The van der Waals surface area contributed by atoms with Crippen molar-refractivity contribution in [1.82, 2.24) is 5.01 Å². The van der Waals surface area contributed by atoms with E-state index in [9.17, 15) is 9.59 Å². The van der Waals surface area contributed by atoms with Crippen LogP contribution in [-0.2, 0) is 9.59 Å². The Morgan fingerprint density at radius 1 is 1.20 bits per heavy atom. The molecular weight excluding hydrogens is 264 g/mol. The van der Waals surface area contributed by atoms with Crippen LogP contribution in [0.5, 0.6) is 0 Å². The van der Waals surface area contributed by atoms with Crippen molar-refractivity contribution in [2.24, 2.45) is 5.10 Å². The third-order valence-electron chi connectivity index (χ3n) is 2.38. The molecule has 7 nitrogen and oxygen atoms in total. The molecule has 0 spiro atoms. The number of benzene rings is 1. The van der Waals surface area contributed by atoms with Crippen molar-refractivity contribution < 1.29 is 25.3 Å². The second kappa shape index (κ2) is 6.30. The fraction of sp³-hybridized carbons (Fsp3) is 0. The maximum Gasteiger partial charge on any atom is 0.354 e. The van der Waals surface area contributed by atoms with E-state index in [0.29, 0.717) is 11.4 Å². The number of carbonyl (C=O) groups is 2. The van der Waals surface area contributed by atoms with Gasteiger partial charge in [-0.05, 0) is 12.1 Å². The van der Waals surface area contributed by atoms with Crippen LogP contribution in [0.15, 0.2) is 53.4 Å². The summed E-state index contributed by atoms with van der Waals surface area (Å²) in [6.45, 7) is 0. The number of allylic oxidation sites excluding steroid dienone is 1. The van der Waals surface area contributed by atoms with Gasteiger partial charge < -0.3 is 15.7 Å². The number of fused-ring (bicyclic) bond motifs is 1. The second-order valence-corrected chi connectivity index (χ2v) is 3.68. The van der Waals surface area contributed by atoms with E-state index in [2.05, 4.69) is 5.10 Å². The van der Waals surface area contributed by atoms with Crippen LogP contribution in [-0.4, -0.2) is 32.6 Å². The van der Waals surface area contributed by atoms with E-state index in [4.69, 9.17) is 10.2 Å². The van der Waals surface area contributed by atoms with Crippen LogP contribution in [0.2, 0.25) is 0 Å². The van der Waals surface area contributed by atoms with Crippen LogP contribution in [0.4, 0.5) is 0 Å². The van der Waals surface area contributed by atoms with E-state index in [1.165, 1.54) is 6.20 Å². The summed E-state index contributed by atoms with van der Waals surface area (Å²) >= 11 is 0. The van der Waals surface area contributed by atoms with Gasteiger partial charge in [0, 0.05) is 11.4 Å². The van der Waals surface area contributed by atoms with Crippen molar-refractivity contribution in [3.63, 3.8) is 0 Å². The Kier molecular flexibility index (Phi) is 4.76. The SMILES string of the molecule is O.O=C(O)/C=C(\C(=O)O)N1C=CC=c2ccccc2=N1. The van der Waals surface area contributed by atoms with Gasteiger partial charge in [0.25, 0.3) is 0 Å². The number of carboxylic acids is 2. The van der Waals surface area contributed by atoms with Gasteiger partial charge in [-0.3, -0.25) is 0 Å². The lowest BCUT2D eigenvalue weighted by molar-refractivity contribution is -0.136. The third kappa shape index (κ3) is 3.30. The molecule has 0 fully saturated rings. The molecule has 7 heteroatoms. The zero-order valence-corrected chi connectivity index (χ0v) is 10.2. The molecule has 0 saturated heterocycles. The van der Waals surface area contributed by atoms with Crippen molar-refractivity contribution in [2.75, 3.05) is 0 Å². The first-order chi connectivity index (χ1) is 9.08. The summed E-state index contributed by atoms with van der Waals surface area (Å²) in [5, 5.41) is 24.2. The van der Waals surface area contributed by atoms with Gasteiger partial charge in [-0.25, -0.2) is 14.6 Å². The smallest absolute Gasteiger partial charge is 0.354 e. The summed E-state index contributed by atoms with van der Waals surface area (Å²) in [7, 11) is 0. The maximum absolute atomic E-state index is 11.1. The monoisotopic (exact) mass is 276 g/mol. The highest BCUT2D eigenvalue weighted by Gasteiger charge is 2.16. The number of hydrogen-bond acceptors (Lipinski definition) is 4. The van der Waals surface area contributed by atoms with Crippen LogP contribution in [0.25, 0.3) is 6.08 Å². The minimum Gasteiger partial charge on any atom is -0.478 e. The Morgan fingerprint density at radius 3 is 2.55 bits per heavy atom. The van der Waals surface area contributed by atoms with Gasteiger partial charge in [-0.2, -0.15) is 5.10 Å². The first-order valence-electron chi connectivity index (χ1n) is 5.37. The van der Waals surface area contributed by atoms with Crippen molar-refractivity contribution in [1.29, 1.82) is 0 Å². The number of rotatable bonds is 3. The van der Waals surface area contributed by atoms with Crippen molar-refractivity contribution in [2.45, 2.75) is 0 Å². The molecule has 1 aromatic carbocycles. The minimum atomic E-state index is -1.37. The van der Waals surface area contributed by atoms with Crippen molar-refractivity contribution >= 4 is 18.0 Å². The summed E-state index contributed by atoms with van der Waals surface area (Å²) in [5.74, 6) is -2.71. The average Bonchev–Trinajstić information content (AvgIpc) is 2.57. The Balaban J connectivity index is 0.00000200. The normalized spacial score (nSPS) is 13.2. The van der Waals surface area contributed by atoms with Gasteiger partial charge in [0.15, 0.2) is 5.70 Å². The molecule has 1 aromatic rings. The summed E-state index contributed by atoms with van der Waals surface area (Å²) in [6, 6.07) is 7.14. The fourth-order valence-corrected chi connectivity index (χ4v) is 1.57. The molecule has 0 unspecified atom stereocenters. The summed E-state index contributed by atoms with van der Waals surface area (Å²) in [5.41, 5.74) is -0.436. The molecule has 1 heterocycles. The lowest BCUT2D eigenvalue weighted by Gasteiger charge is -2.13. The first kappa shape index (κ1) is 15.1. The fourth-order valence-electron chi connectivity index (χ4n) is 1.57. The molecule has 1 aliphatic heterocycles. The van der Waals surface area contributed by atoms with Gasteiger partial charge in [-0.1, -0.05) is 24.3 Å². The molecule has 0 bridgehead atoms. The van der Waals surface area contributed by atoms with Crippen LogP contribution in [0.1, 0.15) is 0 Å². The van der Waals surface area contributed by atoms with E-state index in [1.54, 1.807) is 24.3 Å². The highest BCUT2D eigenvalue weighted by atomic mass is 16.4. The predicted molar refractivity (Wildman–Crippen MR) is 69.6 cm³/mol. The standard InChI is InChI=1S/C13H10N2O4.H2O/c16-12(17)8-11(13(18)19)15-7-3-5-9-4-1-2-6-10(9)14-15;/h1-8H,(H,16,17)(H,18,19);1H2/b11-8+;. The minimum absolute atomic E-state index is 0. The molecule has 1 aliphatic rings. The molecule has 0 saturated carbocycles. The van der Waals surface area contributed by atoms with Gasteiger partial charge >= 0.3 is 11.9 Å². The lowest BCUT2D eigenvalue weighted by Crippen LogP contribution is -2.28. The largest absolute Gasteiger partial charge is 0.478 e. The average molecular weight is 276 g/mol. The van der Waals surface area contributed by atoms with Crippen LogP contribution >= 0.6 is 0 Å². The molecule has 20 heavy (non-hydrogen) atoms. The zero-order valence-electron chi connectivity index (χ0n) is 10.2. The van der Waals surface area contributed by atoms with E-state index in [-0.39, 0.29) is 5.48 Å². The number of hydrogen-bond donors (Lipinski definition) is 2. The second-order valence-electron chi connectivity index (χ2n) is 3.68. The predicted octanol–water partition coefficient (Wildman–Crippen LogP) is -0.941. The summed E-state index contributed by atoms with van der Waals surface area (Å²) in [6.07, 6.45) is 5.36. The van der Waals surface area contributed by atoms with Crippen molar-refractivity contribution in [3.8, 4) is 0 Å². The van der Waals surface area contributed by atoms with Gasteiger partial charge in [0.05, 0.1) is 11.4 Å². The highest BCUT2D eigenvalue weighted by Crippen LogP contribution is 2.07.